The average molecular weight is 492 g/mol. The number of likely N-dealkylation sites (N-methyl/N-ethyl adjacent to an activating group) is 1. The molecule has 1 atom stereocenters. The minimum Gasteiger partial charge on any atom is -0.444 e. The Kier molecular flexibility index (Phi) is 12.0. The molecule has 1 rings (SSSR count). The van der Waals surface area contributed by atoms with Crippen LogP contribution in [0, 0.1) is 0 Å². The molecule has 0 fully saturated rings. The number of hydrogen-bond acceptors (Lipinski definition) is 4. The molecule has 3 N–H and O–H groups in total. The molecule has 0 saturated carbocycles. The molecular weight excluding hydrogens is 459 g/mol. The fourth-order valence-corrected chi connectivity index (χ4v) is 2.23. The van der Waals surface area contributed by atoms with Crippen molar-refractivity contribution in [1.82, 2.24) is 15.5 Å². The lowest BCUT2D eigenvalue weighted by Gasteiger charge is -2.25. The first kappa shape index (κ1) is 25.4. The number of halogens is 1. The molecule has 1 aromatic carbocycles. The van der Waals surface area contributed by atoms with Gasteiger partial charge in [-0.05, 0) is 26.3 Å². The molecule has 27 heavy (non-hydrogen) atoms. The van der Waals surface area contributed by atoms with E-state index < -0.39 is 5.60 Å². The van der Waals surface area contributed by atoms with E-state index >= 15 is 0 Å². The van der Waals surface area contributed by atoms with Crippen LogP contribution in [0.5, 0.6) is 0 Å². The minimum absolute atomic E-state index is 0. The van der Waals surface area contributed by atoms with Gasteiger partial charge in [-0.2, -0.15) is 0 Å². The van der Waals surface area contributed by atoms with E-state index in [1.54, 1.807) is 14.1 Å². The summed E-state index contributed by atoms with van der Waals surface area (Å²) in [6.07, 6.45) is -0.355. The lowest BCUT2D eigenvalue weighted by molar-refractivity contribution is 0.0302. The second-order valence-electron chi connectivity index (χ2n) is 7.07. The van der Waals surface area contributed by atoms with Crippen LogP contribution in [-0.2, 0) is 4.74 Å². The number of aliphatic hydroxyl groups is 1. The fourth-order valence-electron chi connectivity index (χ4n) is 2.23. The highest BCUT2D eigenvalue weighted by Crippen LogP contribution is 2.13. The molecule has 0 aliphatic carbocycles. The first-order valence-electron chi connectivity index (χ1n) is 8.81. The number of nitrogens with one attached hydrogen (secondary N) is 2. The van der Waals surface area contributed by atoms with E-state index in [4.69, 9.17) is 4.74 Å². The number of rotatable bonds is 7. The van der Waals surface area contributed by atoms with Crippen LogP contribution in [0.3, 0.4) is 0 Å². The number of amides is 1. The zero-order chi connectivity index (χ0) is 19.6. The third-order valence-corrected chi connectivity index (χ3v) is 3.68. The molecule has 0 aliphatic rings. The Morgan fingerprint density at radius 1 is 1.26 bits per heavy atom. The number of hydrogen-bond donors (Lipinski definition) is 3. The Labute approximate surface area is 179 Å². The van der Waals surface area contributed by atoms with Crippen molar-refractivity contribution in [2.75, 3.05) is 40.3 Å². The summed E-state index contributed by atoms with van der Waals surface area (Å²) in [4.78, 5) is 17.6. The van der Waals surface area contributed by atoms with E-state index in [0.717, 1.165) is 5.56 Å². The predicted molar refractivity (Wildman–Crippen MR) is 120 cm³/mol. The summed E-state index contributed by atoms with van der Waals surface area (Å²) in [5.41, 5.74) is 0.565. The van der Waals surface area contributed by atoms with Crippen LogP contribution in [0.2, 0.25) is 0 Å². The summed E-state index contributed by atoms with van der Waals surface area (Å²) in [7, 11) is 3.38. The third kappa shape index (κ3) is 10.4. The van der Waals surface area contributed by atoms with E-state index in [0.29, 0.717) is 25.6 Å². The molecule has 0 radical (unpaired) electrons. The van der Waals surface area contributed by atoms with E-state index in [2.05, 4.69) is 15.6 Å². The van der Waals surface area contributed by atoms with Gasteiger partial charge in [-0.25, -0.2) is 4.79 Å². The summed E-state index contributed by atoms with van der Waals surface area (Å²) in [6, 6.07) is 9.85. The van der Waals surface area contributed by atoms with Gasteiger partial charge >= 0.3 is 6.09 Å². The van der Waals surface area contributed by atoms with Gasteiger partial charge in [-0.3, -0.25) is 4.99 Å². The van der Waals surface area contributed by atoms with Gasteiger partial charge in [0.2, 0.25) is 0 Å². The molecule has 1 amide bonds. The maximum absolute atomic E-state index is 11.9. The summed E-state index contributed by atoms with van der Waals surface area (Å²) in [5.74, 6) is 0.608. The molecule has 1 unspecified atom stereocenters. The van der Waals surface area contributed by atoms with Gasteiger partial charge in [0.15, 0.2) is 5.96 Å². The molecule has 0 heterocycles. The van der Waals surface area contributed by atoms with Crippen LogP contribution in [0.25, 0.3) is 0 Å². The zero-order valence-corrected chi connectivity index (χ0v) is 19.2. The maximum atomic E-state index is 11.9. The highest BCUT2D eigenvalue weighted by atomic mass is 127. The summed E-state index contributed by atoms with van der Waals surface area (Å²) >= 11 is 0. The SMILES string of the molecule is CN=C(NCCN(C)C(=O)OC(C)(C)C)NCC(CO)c1ccccc1.I. The Morgan fingerprint density at radius 3 is 2.41 bits per heavy atom. The topological polar surface area (TPSA) is 86.2 Å². The van der Waals surface area contributed by atoms with E-state index in [-0.39, 0.29) is 42.6 Å². The van der Waals surface area contributed by atoms with Gasteiger partial charge in [-0.1, -0.05) is 30.3 Å². The third-order valence-electron chi connectivity index (χ3n) is 3.68. The molecule has 0 saturated heterocycles. The normalized spacial score (nSPS) is 12.6. The number of ether oxygens (including phenoxy) is 1. The van der Waals surface area contributed by atoms with Crippen molar-refractivity contribution in [1.29, 1.82) is 0 Å². The van der Waals surface area contributed by atoms with Crippen molar-refractivity contribution in [3.8, 4) is 0 Å². The molecule has 8 heteroatoms. The summed E-state index contributed by atoms with van der Waals surface area (Å²) < 4.78 is 5.31. The largest absolute Gasteiger partial charge is 0.444 e. The number of carbonyl (C=O) groups is 1. The van der Waals surface area contributed by atoms with Crippen molar-refractivity contribution < 1.29 is 14.6 Å². The number of nitrogens with zero attached hydrogens (tertiary/aromatic N) is 2. The number of benzene rings is 1. The monoisotopic (exact) mass is 492 g/mol. The van der Waals surface area contributed by atoms with Crippen molar-refractivity contribution in [3.05, 3.63) is 35.9 Å². The Balaban J connectivity index is 0.00000676. The number of carbonyl (C=O) groups excluding carboxylic acids is 1. The summed E-state index contributed by atoms with van der Waals surface area (Å²) in [6.45, 7) is 7.15. The van der Waals surface area contributed by atoms with Crippen molar-refractivity contribution in [2.45, 2.75) is 32.3 Å². The van der Waals surface area contributed by atoms with Gasteiger partial charge in [0.25, 0.3) is 0 Å². The Bertz CT molecular complexity index is 576. The first-order valence-corrected chi connectivity index (χ1v) is 8.81. The average Bonchev–Trinajstić information content (AvgIpc) is 2.59. The number of aliphatic imine (C=N–C) groups is 1. The maximum Gasteiger partial charge on any atom is 0.410 e. The molecule has 0 aromatic heterocycles. The fraction of sp³-hybridized carbons (Fsp3) is 0.579. The lowest BCUT2D eigenvalue weighted by atomic mass is 10.0. The molecular formula is C19H33IN4O3. The molecule has 1 aromatic rings. The lowest BCUT2D eigenvalue weighted by Crippen LogP contribution is -2.44. The van der Waals surface area contributed by atoms with Crippen molar-refractivity contribution in [2.24, 2.45) is 4.99 Å². The summed E-state index contributed by atoms with van der Waals surface area (Å²) in [5, 5.41) is 16.0. The molecule has 154 valence electrons. The quantitative estimate of drug-likeness (QED) is 0.309. The zero-order valence-electron chi connectivity index (χ0n) is 16.9. The minimum atomic E-state index is -0.507. The molecule has 7 nitrogen and oxygen atoms in total. The van der Waals surface area contributed by atoms with Gasteiger partial charge in [0.1, 0.15) is 5.60 Å². The first-order chi connectivity index (χ1) is 12.3. The highest BCUT2D eigenvalue weighted by molar-refractivity contribution is 14.0. The smallest absolute Gasteiger partial charge is 0.410 e. The van der Waals surface area contributed by atoms with Crippen LogP contribution in [0.15, 0.2) is 35.3 Å². The Morgan fingerprint density at radius 2 is 1.89 bits per heavy atom. The van der Waals surface area contributed by atoms with Crippen LogP contribution in [0.1, 0.15) is 32.3 Å². The van der Waals surface area contributed by atoms with E-state index in [9.17, 15) is 9.90 Å². The van der Waals surface area contributed by atoms with Gasteiger partial charge in [-0.15, -0.1) is 24.0 Å². The van der Waals surface area contributed by atoms with E-state index in [1.165, 1.54) is 4.90 Å². The van der Waals surface area contributed by atoms with Crippen molar-refractivity contribution in [3.63, 3.8) is 0 Å². The van der Waals surface area contributed by atoms with E-state index in [1.807, 2.05) is 51.1 Å². The predicted octanol–water partition coefficient (Wildman–Crippen LogP) is 2.41. The highest BCUT2D eigenvalue weighted by Gasteiger charge is 2.19. The standard InChI is InChI=1S/C19H32N4O3.HI/c1-19(2,3)26-18(25)23(5)12-11-21-17(20-4)22-13-16(14-24)15-9-7-6-8-10-15;/h6-10,16,24H,11-14H2,1-5H3,(H2,20,21,22);1H. The molecule has 0 bridgehead atoms. The number of guanidine groups is 1. The van der Waals surface area contributed by atoms with Gasteiger partial charge in [0, 0.05) is 39.6 Å². The van der Waals surface area contributed by atoms with Crippen LogP contribution >= 0.6 is 24.0 Å². The number of aliphatic hydroxyl groups excluding tert-OH is 1. The van der Waals surface area contributed by atoms with Crippen molar-refractivity contribution >= 4 is 36.0 Å². The van der Waals surface area contributed by atoms with Crippen LogP contribution < -0.4 is 10.6 Å². The van der Waals surface area contributed by atoms with Gasteiger partial charge < -0.3 is 25.4 Å². The second kappa shape index (κ2) is 12.8. The van der Waals surface area contributed by atoms with Crippen LogP contribution in [-0.4, -0.2) is 68.0 Å². The molecule has 0 aliphatic heterocycles. The van der Waals surface area contributed by atoms with Crippen LogP contribution in [0.4, 0.5) is 4.79 Å². The van der Waals surface area contributed by atoms with Gasteiger partial charge in [0.05, 0.1) is 6.61 Å². The molecule has 0 spiro atoms. The Hall–Kier alpha value is -1.55. The second-order valence-corrected chi connectivity index (χ2v) is 7.07.